The van der Waals surface area contributed by atoms with Crippen molar-refractivity contribution in [2.75, 3.05) is 21.3 Å². The van der Waals surface area contributed by atoms with Crippen LogP contribution in [0.2, 0.25) is 0 Å². The Labute approximate surface area is 146 Å². The summed E-state index contributed by atoms with van der Waals surface area (Å²) in [5.74, 6) is 1.85. The van der Waals surface area contributed by atoms with Gasteiger partial charge in [0.1, 0.15) is 17.4 Å². The third kappa shape index (κ3) is 2.70. The zero-order valence-corrected chi connectivity index (χ0v) is 14.2. The van der Waals surface area contributed by atoms with Gasteiger partial charge in [0.2, 0.25) is 11.6 Å². The first kappa shape index (κ1) is 16.5. The first-order valence-corrected chi connectivity index (χ1v) is 7.61. The molecule has 0 fully saturated rings. The molecule has 0 aromatic heterocycles. The van der Waals surface area contributed by atoms with Gasteiger partial charge in [-0.2, -0.15) is 5.26 Å². The van der Waals surface area contributed by atoms with Gasteiger partial charge in [0, 0.05) is 5.56 Å². The van der Waals surface area contributed by atoms with Crippen LogP contribution in [-0.4, -0.2) is 21.3 Å². The van der Waals surface area contributed by atoms with Crippen molar-refractivity contribution in [2.45, 2.75) is 5.92 Å². The molecule has 2 aromatic carbocycles. The number of fused-ring (bicyclic) bond motifs is 1. The molecule has 6 nitrogen and oxygen atoms in total. The van der Waals surface area contributed by atoms with Gasteiger partial charge in [0.05, 0.1) is 27.2 Å². The molecule has 1 aliphatic heterocycles. The molecule has 128 valence electrons. The van der Waals surface area contributed by atoms with Gasteiger partial charge in [0.25, 0.3) is 0 Å². The average Bonchev–Trinajstić information content (AvgIpc) is 2.65. The fourth-order valence-corrected chi connectivity index (χ4v) is 3.02. The first-order valence-electron chi connectivity index (χ1n) is 7.61. The average molecular weight is 338 g/mol. The van der Waals surface area contributed by atoms with Crippen LogP contribution in [0.25, 0.3) is 0 Å². The highest BCUT2D eigenvalue weighted by Gasteiger charge is 2.31. The number of hydrogen-bond acceptors (Lipinski definition) is 6. The largest absolute Gasteiger partial charge is 0.493 e. The Morgan fingerprint density at radius 1 is 1.04 bits per heavy atom. The molecule has 1 atom stereocenters. The predicted octanol–water partition coefficient (Wildman–Crippen LogP) is 2.93. The molecule has 0 amide bonds. The highest BCUT2D eigenvalue weighted by atomic mass is 16.5. The van der Waals surface area contributed by atoms with Crippen LogP contribution in [0.4, 0.5) is 0 Å². The molecule has 3 rings (SSSR count). The third-order valence-corrected chi connectivity index (χ3v) is 4.14. The lowest BCUT2D eigenvalue weighted by Crippen LogP contribution is -2.21. The number of ether oxygens (including phenoxy) is 4. The van der Waals surface area contributed by atoms with E-state index in [-0.39, 0.29) is 11.8 Å². The zero-order chi connectivity index (χ0) is 18.0. The lowest BCUT2D eigenvalue weighted by molar-refractivity contribution is 0.323. The zero-order valence-electron chi connectivity index (χ0n) is 14.2. The molecular formula is C19H18N2O4. The van der Waals surface area contributed by atoms with Crippen molar-refractivity contribution in [3.8, 4) is 29.1 Å². The highest BCUT2D eigenvalue weighted by molar-refractivity contribution is 5.61. The number of benzene rings is 2. The summed E-state index contributed by atoms with van der Waals surface area (Å²) in [5, 5.41) is 9.62. The van der Waals surface area contributed by atoms with Gasteiger partial charge in [-0.3, -0.25) is 0 Å². The van der Waals surface area contributed by atoms with E-state index in [0.29, 0.717) is 28.6 Å². The van der Waals surface area contributed by atoms with Gasteiger partial charge < -0.3 is 24.7 Å². The quantitative estimate of drug-likeness (QED) is 0.922. The van der Waals surface area contributed by atoms with Crippen LogP contribution >= 0.6 is 0 Å². The summed E-state index contributed by atoms with van der Waals surface area (Å²) in [7, 11) is 4.64. The van der Waals surface area contributed by atoms with Crippen molar-refractivity contribution in [3.05, 3.63) is 59.0 Å². The SMILES string of the molecule is COc1cc([C@H]2C(C#N)=C(N)Oc3ccccc32)cc(OC)c1OC. The molecule has 6 heteroatoms. The van der Waals surface area contributed by atoms with Gasteiger partial charge >= 0.3 is 0 Å². The maximum absolute atomic E-state index is 9.62. The lowest BCUT2D eigenvalue weighted by atomic mass is 9.83. The summed E-state index contributed by atoms with van der Waals surface area (Å²) < 4.78 is 21.8. The molecule has 1 aliphatic rings. The van der Waals surface area contributed by atoms with Crippen molar-refractivity contribution in [1.29, 1.82) is 5.26 Å². The minimum Gasteiger partial charge on any atom is -0.493 e. The van der Waals surface area contributed by atoms with E-state index in [9.17, 15) is 5.26 Å². The Bertz CT molecular complexity index is 858. The van der Waals surface area contributed by atoms with Crippen molar-refractivity contribution >= 4 is 0 Å². The fourth-order valence-electron chi connectivity index (χ4n) is 3.02. The van der Waals surface area contributed by atoms with Crippen molar-refractivity contribution < 1.29 is 18.9 Å². The summed E-state index contributed by atoms with van der Waals surface area (Å²) in [6, 6.07) is 13.3. The van der Waals surface area contributed by atoms with Gasteiger partial charge in [-0.15, -0.1) is 0 Å². The molecular weight excluding hydrogens is 320 g/mol. The Kier molecular flexibility index (Phi) is 4.40. The Morgan fingerprint density at radius 3 is 2.24 bits per heavy atom. The van der Waals surface area contributed by atoms with Crippen molar-refractivity contribution in [3.63, 3.8) is 0 Å². The van der Waals surface area contributed by atoms with Gasteiger partial charge in [0.15, 0.2) is 11.5 Å². The molecule has 25 heavy (non-hydrogen) atoms. The number of nitrogens with two attached hydrogens (primary N) is 1. The van der Waals surface area contributed by atoms with Gasteiger partial charge in [-0.25, -0.2) is 0 Å². The number of para-hydroxylation sites is 1. The van der Waals surface area contributed by atoms with E-state index in [1.807, 2.05) is 36.4 Å². The highest BCUT2D eigenvalue weighted by Crippen LogP contribution is 2.46. The fraction of sp³-hybridized carbons (Fsp3) is 0.211. The van der Waals surface area contributed by atoms with E-state index < -0.39 is 0 Å². The summed E-state index contributed by atoms with van der Waals surface area (Å²) in [6.07, 6.45) is 0. The van der Waals surface area contributed by atoms with E-state index in [2.05, 4.69) is 6.07 Å². The summed E-state index contributed by atoms with van der Waals surface area (Å²) in [4.78, 5) is 0. The topological polar surface area (TPSA) is 86.7 Å². The monoisotopic (exact) mass is 338 g/mol. The first-order chi connectivity index (χ1) is 12.1. The predicted molar refractivity (Wildman–Crippen MR) is 91.8 cm³/mol. The standard InChI is InChI=1S/C19H18N2O4/c1-22-15-8-11(9-16(23-2)18(15)24-3)17-12-6-4-5-7-14(12)25-19(21)13(17)10-20/h4-9,17H,21H2,1-3H3/t17-/m1/s1. The maximum Gasteiger partial charge on any atom is 0.205 e. The van der Waals surface area contributed by atoms with Crippen LogP contribution in [0.15, 0.2) is 47.9 Å². The van der Waals surface area contributed by atoms with E-state index in [4.69, 9.17) is 24.7 Å². The second-order valence-electron chi connectivity index (χ2n) is 5.42. The van der Waals surface area contributed by atoms with Crippen LogP contribution in [0.1, 0.15) is 17.0 Å². The molecule has 2 N–H and O–H groups in total. The number of rotatable bonds is 4. The molecule has 0 bridgehead atoms. The minimum absolute atomic E-state index is 0.0972. The van der Waals surface area contributed by atoms with E-state index >= 15 is 0 Å². The molecule has 0 aliphatic carbocycles. The number of nitrogens with zero attached hydrogens (tertiary/aromatic N) is 1. The Morgan fingerprint density at radius 2 is 1.68 bits per heavy atom. The lowest BCUT2D eigenvalue weighted by Gasteiger charge is -2.27. The van der Waals surface area contributed by atoms with E-state index in [0.717, 1.165) is 11.1 Å². The van der Waals surface area contributed by atoms with Crippen LogP contribution in [0, 0.1) is 11.3 Å². The minimum atomic E-state index is -0.386. The molecule has 0 spiro atoms. The Balaban J connectivity index is 2.26. The van der Waals surface area contributed by atoms with Crippen molar-refractivity contribution in [1.82, 2.24) is 0 Å². The molecule has 0 unspecified atom stereocenters. The van der Waals surface area contributed by atoms with Crippen LogP contribution in [0.3, 0.4) is 0 Å². The van der Waals surface area contributed by atoms with Crippen LogP contribution in [0.5, 0.6) is 23.0 Å². The van der Waals surface area contributed by atoms with Crippen LogP contribution in [-0.2, 0) is 0 Å². The van der Waals surface area contributed by atoms with Crippen LogP contribution < -0.4 is 24.7 Å². The number of nitriles is 1. The smallest absolute Gasteiger partial charge is 0.205 e. The second-order valence-corrected chi connectivity index (χ2v) is 5.42. The number of allylic oxidation sites excluding steroid dienone is 1. The summed E-state index contributed by atoms with van der Waals surface area (Å²) >= 11 is 0. The molecule has 2 aromatic rings. The van der Waals surface area contributed by atoms with Gasteiger partial charge in [-0.05, 0) is 23.8 Å². The maximum atomic E-state index is 9.62. The van der Waals surface area contributed by atoms with Crippen molar-refractivity contribution in [2.24, 2.45) is 5.73 Å². The molecule has 0 saturated carbocycles. The molecule has 1 heterocycles. The van der Waals surface area contributed by atoms with Gasteiger partial charge in [-0.1, -0.05) is 18.2 Å². The van der Waals surface area contributed by atoms with E-state index in [1.54, 1.807) is 21.3 Å². The van der Waals surface area contributed by atoms with E-state index in [1.165, 1.54) is 0 Å². The third-order valence-electron chi connectivity index (χ3n) is 4.14. The summed E-state index contributed by atoms with van der Waals surface area (Å²) in [6.45, 7) is 0. The number of methoxy groups -OCH3 is 3. The Hall–Kier alpha value is -3.33. The second kappa shape index (κ2) is 6.65. The molecule has 0 radical (unpaired) electrons. The molecule has 0 saturated heterocycles. The summed E-state index contributed by atoms with van der Waals surface area (Å²) in [5.41, 5.74) is 7.96. The normalized spacial score (nSPS) is 15.7. The number of hydrogen-bond donors (Lipinski definition) is 1.